The van der Waals surface area contributed by atoms with E-state index in [4.69, 9.17) is 0 Å². The molecule has 1 atom stereocenters. The van der Waals surface area contributed by atoms with Crippen LogP contribution in [0.2, 0.25) is 0 Å². The molecule has 1 aromatic carbocycles. The van der Waals surface area contributed by atoms with Crippen LogP contribution in [0.4, 0.5) is 0 Å². The van der Waals surface area contributed by atoms with Crippen molar-refractivity contribution >= 4 is 27.0 Å². The Kier molecular flexibility index (Phi) is 1.69. The Hall–Kier alpha value is -0.870. The lowest BCUT2D eigenvalue weighted by atomic mass is 10.3. The van der Waals surface area contributed by atoms with Crippen LogP contribution >= 0.6 is 15.9 Å². The van der Waals surface area contributed by atoms with E-state index in [-0.39, 0.29) is 6.10 Å². The van der Waals surface area contributed by atoms with E-state index in [0.29, 0.717) is 13.0 Å². The van der Waals surface area contributed by atoms with Crippen molar-refractivity contribution in [3.05, 3.63) is 28.5 Å². The molecule has 3 nitrogen and oxygen atoms in total. The van der Waals surface area contributed by atoms with Crippen LogP contribution in [0.25, 0.3) is 11.0 Å². The minimum Gasteiger partial charge on any atom is -0.391 e. The largest absolute Gasteiger partial charge is 0.391 e. The second-order valence-electron chi connectivity index (χ2n) is 3.60. The Morgan fingerprint density at radius 3 is 3.21 bits per heavy atom. The van der Waals surface area contributed by atoms with Gasteiger partial charge >= 0.3 is 0 Å². The van der Waals surface area contributed by atoms with E-state index in [9.17, 15) is 5.11 Å². The summed E-state index contributed by atoms with van der Waals surface area (Å²) in [6.07, 6.45) is 0.405. The van der Waals surface area contributed by atoms with Crippen molar-refractivity contribution in [3.8, 4) is 0 Å². The maximum Gasteiger partial charge on any atom is 0.112 e. The van der Waals surface area contributed by atoms with E-state index >= 15 is 0 Å². The summed E-state index contributed by atoms with van der Waals surface area (Å²) in [7, 11) is 0. The molecular weight excluding hydrogens is 244 g/mol. The van der Waals surface area contributed by atoms with Crippen LogP contribution < -0.4 is 0 Å². The van der Waals surface area contributed by atoms with E-state index in [0.717, 1.165) is 21.3 Å². The van der Waals surface area contributed by atoms with Crippen molar-refractivity contribution in [2.75, 3.05) is 0 Å². The number of aliphatic hydroxyl groups excluding tert-OH is 1. The predicted molar refractivity (Wildman–Crippen MR) is 57.1 cm³/mol. The quantitative estimate of drug-likeness (QED) is 0.776. The Morgan fingerprint density at radius 1 is 1.50 bits per heavy atom. The average molecular weight is 253 g/mol. The first-order valence-corrected chi connectivity index (χ1v) is 5.36. The zero-order valence-corrected chi connectivity index (χ0v) is 9.03. The molecule has 0 spiro atoms. The van der Waals surface area contributed by atoms with Crippen molar-refractivity contribution in [2.45, 2.75) is 19.1 Å². The van der Waals surface area contributed by atoms with Gasteiger partial charge in [0.15, 0.2) is 0 Å². The van der Waals surface area contributed by atoms with E-state index in [2.05, 4.69) is 25.5 Å². The third kappa shape index (κ3) is 1.04. The van der Waals surface area contributed by atoms with Crippen LogP contribution in [0.15, 0.2) is 22.7 Å². The number of aromatic nitrogens is 2. The van der Waals surface area contributed by atoms with E-state index in [1.54, 1.807) is 0 Å². The zero-order chi connectivity index (χ0) is 9.71. The molecule has 1 aliphatic rings. The Labute approximate surface area is 89.5 Å². The molecule has 0 amide bonds. The molecule has 14 heavy (non-hydrogen) atoms. The molecule has 0 saturated carbocycles. The van der Waals surface area contributed by atoms with Gasteiger partial charge in [0, 0.05) is 10.9 Å². The molecule has 1 N–H and O–H groups in total. The standard InChI is InChI=1S/C10H9BrN2O/c11-7-2-1-3-8-10(7)12-9-4-6(14)5-13(8)9/h1-3,6,14H,4-5H2. The van der Waals surface area contributed by atoms with Crippen LogP contribution in [-0.2, 0) is 13.0 Å². The summed E-state index contributed by atoms with van der Waals surface area (Å²) in [6.45, 7) is 0.669. The number of hydrogen-bond donors (Lipinski definition) is 1. The van der Waals surface area contributed by atoms with Crippen molar-refractivity contribution in [1.82, 2.24) is 9.55 Å². The van der Waals surface area contributed by atoms with Gasteiger partial charge in [0.25, 0.3) is 0 Å². The number of rotatable bonds is 0. The summed E-state index contributed by atoms with van der Waals surface area (Å²) in [5, 5.41) is 9.50. The van der Waals surface area contributed by atoms with Gasteiger partial charge < -0.3 is 9.67 Å². The minimum atomic E-state index is -0.263. The molecule has 2 aromatic rings. The van der Waals surface area contributed by atoms with E-state index in [1.165, 1.54) is 0 Å². The first-order chi connectivity index (χ1) is 6.75. The SMILES string of the molecule is OC1Cc2nc3c(Br)cccc3n2C1. The molecule has 0 fully saturated rings. The highest BCUT2D eigenvalue weighted by Gasteiger charge is 2.23. The highest BCUT2D eigenvalue weighted by molar-refractivity contribution is 9.10. The third-order valence-corrected chi connectivity index (χ3v) is 3.26. The summed E-state index contributed by atoms with van der Waals surface area (Å²) >= 11 is 3.47. The summed E-state index contributed by atoms with van der Waals surface area (Å²) in [5.41, 5.74) is 2.10. The molecular formula is C10H9BrN2O. The third-order valence-electron chi connectivity index (χ3n) is 2.62. The van der Waals surface area contributed by atoms with Gasteiger partial charge in [0.2, 0.25) is 0 Å². The van der Waals surface area contributed by atoms with Crippen molar-refractivity contribution in [3.63, 3.8) is 0 Å². The molecule has 0 bridgehead atoms. The van der Waals surface area contributed by atoms with Gasteiger partial charge in [0.1, 0.15) is 11.3 Å². The number of imidazole rings is 1. The predicted octanol–water partition coefficient (Wildman–Crippen LogP) is 1.72. The van der Waals surface area contributed by atoms with Gasteiger partial charge in [-0.15, -0.1) is 0 Å². The molecule has 3 rings (SSSR count). The summed E-state index contributed by atoms with van der Waals surface area (Å²) in [4.78, 5) is 4.50. The molecule has 1 aliphatic heterocycles. The average Bonchev–Trinajstić information content (AvgIpc) is 2.63. The number of fused-ring (bicyclic) bond motifs is 3. The fourth-order valence-electron chi connectivity index (χ4n) is 2.01. The van der Waals surface area contributed by atoms with Gasteiger partial charge in [-0.1, -0.05) is 6.07 Å². The Bertz CT molecular complexity index is 506. The van der Waals surface area contributed by atoms with Crippen LogP contribution in [0, 0.1) is 0 Å². The fourth-order valence-corrected chi connectivity index (χ4v) is 2.45. The van der Waals surface area contributed by atoms with Crippen LogP contribution in [0.3, 0.4) is 0 Å². The number of hydrogen-bond acceptors (Lipinski definition) is 2. The lowest BCUT2D eigenvalue weighted by Crippen LogP contribution is -2.07. The minimum absolute atomic E-state index is 0.263. The van der Waals surface area contributed by atoms with Gasteiger partial charge in [0.05, 0.1) is 18.2 Å². The maximum atomic E-state index is 9.50. The van der Waals surface area contributed by atoms with Crippen LogP contribution in [0.1, 0.15) is 5.82 Å². The second kappa shape index (κ2) is 2.81. The first kappa shape index (κ1) is 8.44. The van der Waals surface area contributed by atoms with Gasteiger partial charge in [-0.3, -0.25) is 0 Å². The monoisotopic (exact) mass is 252 g/mol. The van der Waals surface area contributed by atoms with Gasteiger partial charge in [-0.05, 0) is 28.1 Å². The van der Waals surface area contributed by atoms with Gasteiger partial charge in [-0.2, -0.15) is 0 Å². The molecule has 2 heterocycles. The number of para-hydroxylation sites is 1. The number of aliphatic hydroxyl groups is 1. The van der Waals surface area contributed by atoms with E-state index in [1.807, 2.05) is 18.2 Å². The molecule has 0 saturated heterocycles. The zero-order valence-electron chi connectivity index (χ0n) is 7.44. The first-order valence-electron chi connectivity index (χ1n) is 4.57. The summed E-state index contributed by atoms with van der Waals surface area (Å²) in [6, 6.07) is 6.02. The number of halogens is 1. The van der Waals surface area contributed by atoms with Crippen molar-refractivity contribution in [2.24, 2.45) is 0 Å². The highest BCUT2D eigenvalue weighted by atomic mass is 79.9. The number of benzene rings is 1. The van der Waals surface area contributed by atoms with Crippen molar-refractivity contribution < 1.29 is 5.11 Å². The fraction of sp³-hybridized carbons (Fsp3) is 0.300. The number of nitrogens with zero attached hydrogens (tertiary/aromatic N) is 2. The maximum absolute atomic E-state index is 9.50. The molecule has 1 unspecified atom stereocenters. The lowest BCUT2D eigenvalue weighted by molar-refractivity contribution is 0.176. The molecule has 0 aliphatic carbocycles. The molecule has 1 aromatic heterocycles. The lowest BCUT2D eigenvalue weighted by Gasteiger charge is -2.01. The smallest absolute Gasteiger partial charge is 0.112 e. The van der Waals surface area contributed by atoms with E-state index < -0.39 is 0 Å². The van der Waals surface area contributed by atoms with Crippen molar-refractivity contribution in [1.29, 1.82) is 0 Å². The summed E-state index contributed by atoms with van der Waals surface area (Å²) in [5.74, 6) is 0.986. The van der Waals surface area contributed by atoms with Crippen LogP contribution in [-0.4, -0.2) is 20.8 Å². The summed E-state index contributed by atoms with van der Waals surface area (Å²) < 4.78 is 3.11. The Morgan fingerprint density at radius 2 is 2.36 bits per heavy atom. The second-order valence-corrected chi connectivity index (χ2v) is 4.46. The molecule has 0 radical (unpaired) electrons. The van der Waals surface area contributed by atoms with Gasteiger partial charge in [-0.25, -0.2) is 4.98 Å². The van der Waals surface area contributed by atoms with Crippen LogP contribution in [0.5, 0.6) is 0 Å². The highest BCUT2D eigenvalue weighted by Crippen LogP contribution is 2.27. The normalized spacial score (nSPS) is 20.3. The molecule has 4 heteroatoms. The molecule has 72 valence electrons. The Balaban J connectivity index is 2.33. The topological polar surface area (TPSA) is 38.1 Å².